The zero-order valence-corrected chi connectivity index (χ0v) is 8.94. The van der Waals surface area contributed by atoms with Gasteiger partial charge in [-0.2, -0.15) is 0 Å². The van der Waals surface area contributed by atoms with Crippen LogP contribution in [0.15, 0.2) is 40.9 Å². The molecule has 0 aliphatic carbocycles. The largest absolute Gasteiger partial charge is 0.355 e. The number of nitrogens with one attached hydrogen (secondary N) is 2. The van der Waals surface area contributed by atoms with Crippen molar-refractivity contribution >= 4 is 5.71 Å². The fourth-order valence-electron chi connectivity index (χ4n) is 1.10. The first-order chi connectivity index (χ1) is 6.63. The summed E-state index contributed by atoms with van der Waals surface area (Å²) in [7, 11) is 0. The predicted molar refractivity (Wildman–Crippen MR) is 60.3 cm³/mol. The molecular weight excluding hydrogens is 172 g/mol. The highest BCUT2D eigenvalue weighted by atomic mass is 14.8. The van der Waals surface area contributed by atoms with E-state index in [1.54, 1.807) is 6.92 Å². The molecule has 1 aliphatic rings. The van der Waals surface area contributed by atoms with Crippen molar-refractivity contribution < 1.29 is 0 Å². The highest BCUT2D eigenvalue weighted by molar-refractivity contribution is 5.94. The molecule has 0 saturated heterocycles. The molecule has 0 spiro atoms. The summed E-state index contributed by atoms with van der Waals surface area (Å²) >= 11 is 0. The van der Waals surface area contributed by atoms with Gasteiger partial charge in [0.15, 0.2) is 0 Å². The number of allylic oxidation sites excluding steroid dienone is 3. The Morgan fingerprint density at radius 1 is 1.50 bits per heavy atom. The van der Waals surface area contributed by atoms with Gasteiger partial charge >= 0.3 is 0 Å². The lowest BCUT2D eigenvalue weighted by Crippen LogP contribution is -2.06. The summed E-state index contributed by atoms with van der Waals surface area (Å²) in [5.74, 6) is 0. The Morgan fingerprint density at radius 2 is 2.21 bits per heavy atom. The first-order valence-corrected chi connectivity index (χ1v) is 4.80. The van der Waals surface area contributed by atoms with Crippen molar-refractivity contribution in [2.75, 3.05) is 0 Å². The maximum atomic E-state index is 7.43. The van der Waals surface area contributed by atoms with Crippen molar-refractivity contribution in [3.05, 3.63) is 40.9 Å². The Kier molecular flexibility index (Phi) is 3.49. The molecule has 2 heteroatoms. The zero-order chi connectivity index (χ0) is 10.6. The molecule has 2 nitrogen and oxygen atoms in total. The van der Waals surface area contributed by atoms with Crippen LogP contribution in [0.1, 0.15) is 27.2 Å². The molecule has 0 unspecified atom stereocenters. The molecule has 0 radical (unpaired) electrons. The molecule has 0 aromatic heterocycles. The summed E-state index contributed by atoms with van der Waals surface area (Å²) in [5, 5.41) is 10.5. The van der Waals surface area contributed by atoms with Gasteiger partial charge in [-0.1, -0.05) is 12.7 Å². The van der Waals surface area contributed by atoms with E-state index in [1.807, 2.05) is 13.1 Å². The van der Waals surface area contributed by atoms with Crippen molar-refractivity contribution in [3.8, 4) is 0 Å². The molecule has 0 atom stereocenters. The lowest BCUT2D eigenvalue weighted by molar-refractivity contribution is 1.04. The van der Waals surface area contributed by atoms with Gasteiger partial charge in [0.1, 0.15) is 0 Å². The third-order valence-electron chi connectivity index (χ3n) is 2.16. The van der Waals surface area contributed by atoms with E-state index in [-0.39, 0.29) is 0 Å². The summed E-state index contributed by atoms with van der Waals surface area (Å²) in [6, 6.07) is 0. The van der Waals surface area contributed by atoms with Crippen LogP contribution in [-0.2, 0) is 0 Å². The number of rotatable bonds is 2. The van der Waals surface area contributed by atoms with Gasteiger partial charge in [0, 0.05) is 17.5 Å². The molecule has 0 aromatic carbocycles. The van der Waals surface area contributed by atoms with Crippen molar-refractivity contribution in [1.29, 1.82) is 5.41 Å². The van der Waals surface area contributed by atoms with Crippen LogP contribution in [0.3, 0.4) is 0 Å². The second kappa shape index (κ2) is 4.64. The van der Waals surface area contributed by atoms with Gasteiger partial charge in [-0.3, -0.25) is 0 Å². The highest BCUT2D eigenvalue weighted by Gasteiger charge is 1.98. The van der Waals surface area contributed by atoms with Crippen LogP contribution in [0.4, 0.5) is 0 Å². The minimum atomic E-state index is 0.556. The van der Waals surface area contributed by atoms with Crippen LogP contribution in [0.2, 0.25) is 0 Å². The van der Waals surface area contributed by atoms with Gasteiger partial charge in [0.2, 0.25) is 0 Å². The standard InChI is InChI=1S/C12H16N2/c1-4-11-5-6-14-12(8-11)7-9(2)10(3)13/h5-6,8,13-14H,4H2,1-3H3. The first-order valence-electron chi connectivity index (χ1n) is 4.80. The average molecular weight is 188 g/mol. The van der Waals surface area contributed by atoms with E-state index in [1.165, 1.54) is 5.57 Å². The normalized spacial score (nSPS) is 14.2. The maximum absolute atomic E-state index is 7.43. The van der Waals surface area contributed by atoms with Gasteiger partial charge in [-0.25, -0.2) is 0 Å². The van der Waals surface area contributed by atoms with Gasteiger partial charge in [0.25, 0.3) is 0 Å². The minimum absolute atomic E-state index is 0.556. The molecule has 1 rings (SSSR count). The Balaban J connectivity index is 3.02. The molecule has 14 heavy (non-hydrogen) atoms. The molecule has 1 aliphatic heterocycles. The topological polar surface area (TPSA) is 35.9 Å². The predicted octanol–water partition coefficient (Wildman–Crippen LogP) is 2.91. The van der Waals surface area contributed by atoms with E-state index in [0.29, 0.717) is 5.71 Å². The second-order valence-corrected chi connectivity index (χ2v) is 3.34. The molecule has 74 valence electrons. The number of dihydropyridines is 1. The molecule has 2 N–H and O–H groups in total. The van der Waals surface area contributed by atoms with Crippen LogP contribution in [-0.4, -0.2) is 5.71 Å². The smallest absolute Gasteiger partial charge is 0.0819 e. The second-order valence-electron chi connectivity index (χ2n) is 3.34. The summed E-state index contributed by atoms with van der Waals surface area (Å²) < 4.78 is 0. The van der Waals surface area contributed by atoms with E-state index < -0.39 is 0 Å². The van der Waals surface area contributed by atoms with E-state index in [0.717, 1.165) is 17.7 Å². The maximum Gasteiger partial charge on any atom is 0.0819 e. The minimum Gasteiger partial charge on any atom is -0.355 e. The summed E-state index contributed by atoms with van der Waals surface area (Å²) in [5.41, 5.74) is 6.80. The fourth-order valence-corrected chi connectivity index (χ4v) is 1.10. The average Bonchev–Trinajstić information content (AvgIpc) is 2.18. The van der Waals surface area contributed by atoms with Crippen LogP contribution in [0.25, 0.3) is 0 Å². The number of hydrogen-bond donors (Lipinski definition) is 2. The van der Waals surface area contributed by atoms with Crippen molar-refractivity contribution in [2.45, 2.75) is 27.2 Å². The van der Waals surface area contributed by atoms with Gasteiger partial charge in [-0.15, -0.1) is 0 Å². The quantitative estimate of drug-likeness (QED) is 0.507. The Morgan fingerprint density at radius 3 is 2.79 bits per heavy atom. The SMILES string of the molecule is CCC1=CC(=C=C(C)C(C)=N)NC=C1. The fraction of sp³-hybridized carbons (Fsp3) is 0.333. The van der Waals surface area contributed by atoms with E-state index in [4.69, 9.17) is 5.41 Å². The van der Waals surface area contributed by atoms with Crippen LogP contribution in [0, 0.1) is 5.41 Å². The molecule has 0 bridgehead atoms. The van der Waals surface area contributed by atoms with E-state index in [9.17, 15) is 0 Å². The van der Waals surface area contributed by atoms with Crippen molar-refractivity contribution in [2.24, 2.45) is 0 Å². The Labute approximate surface area is 85.2 Å². The molecule has 0 saturated carbocycles. The van der Waals surface area contributed by atoms with Crippen molar-refractivity contribution in [1.82, 2.24) is 5.32 Å². The summed E-state index contributed by atoms with van der Waals surface area (Å²) in [4.78, 5) is 0. The van der Waals surface area contributed by atoms with E-state index >= 15 is 0 Å². The molecule has 1 heterocycles. The third-order valence-corrected chi connectivity index (χ3v) is 2.16. The van der Waals surface area contributed by atoms with Crippen molar-refractivity contribution in [3.63, 3.8) is 0 Å². The van der Waals surface area contributed by atoms with Gasteiger partial charge < -0.3 is 10.7 Å². The third kappa shape index (κ3) is 2.75. The number of hydrogen-bond acceptors (Lipinski definition) is 2. The van der Waals surface area contributed by atoms with Crippen LogP contribution >= 0.6 is 0 Å². The summed E-state index contributed by atoms with van der Waals surface area (Å²) in [6.45, 7) is 5.79. The molecular formula is C12H16N2. The van der Waals surface area contributed by atoms with Gasteiger partial charge in [0.05, 0.1) is 5.70 Å². The van der Waals surface area contributed by atoms with Crippen LogP contribution < -0.4 is 5.32 Å². The Bertz CT molecular complexity index is 364. The Hall–Kier alpha value is -1.53. The first kappa shape index (κ1) is 10.6. The highest BCUT2D eigenvalue weighted by Crippen LogP contribution is 2.10. The van der Waals surface area contributed by atoms with E-state index in [2.05, 4.69) is 30.1 Å². The lowest BCUT2D eigenvalue weighted by Gasteiger charge is -2.08. The van der Waals surface area contributed by atoms with Crippen LogP contribution in [0.5, 0.6) is 0 Å². The molecule has 0 aromatic rings. The monoisotopic (exact) mass is 188 g/mol. The lowest BCUT2D eigenvalue weighted by atomic mass is 10.1. The molecule has 0 amide bonds. The van der Waals surface area contributed by atoms with Gasteiger partial charge in [-0.05, 0) is 38.0 Å². The summed E-state index contributed by atoms with van der Waals surface area (Å²) in [6.07, 6.45) is 7.05. The molecule has 0 fully saturated rings. The zero-order valence-electron chi connectivity index (χ0n) is 8.94.